The van der Waals surface area contributed by atoms with Crippen LogP contribution in [0.4, 0.5) is 5.69 Å². The molecule has 4 N–H and O–H groups in total. The lowest BCUT2D eigenvalue weighted by molar-refractivity contribution is -0.117. The highest BCUT2D eigenvalue weighted by Gasteiger charge is 2.12. The van der Waals surface area contributed by atoms with Gasteiger partial charge in [0, 0.05) is 21.1 Å². The first-order valence-electron chi connectivity index (χ1n) is 6.99. The Bertz CT molecular complexity index is 902. The first-order chi connectivity index (χ1) is 11.0. The molecule has 0 aliphatic rings. The van der Waals surface area contributed by atoms with Crippen LogP contribution in [0.3, 0.4) is 0 Å². The van der Waals surface area contributed by atoms with E-state index >= 15 is 0 Å². The lowest BCUT2D eigenvalue weighted by atomic mass is 10.1. The van der Waals surface area contributed by atoms with Crippen LogP contribution in [0.2, 0.25) is 0 Å². The number of primary amides is 1. The van der Waals surface area contributed by atoms with Crippen LogP contribution in [0.15, 0.2) is 53.0 Å². The van der Waals surface area contributed by atoms with E-state index < -0.39 is 5.91 Å². The maximum atomic E-state index is 12.4. The summed E-state index contributed by atoms with van der Waals surface area (Å²) in [4.78, 5) is 26.6. The molecule has 0 aliphatic carbocycles. The molecule has 0 atom stereocenters. The number of H-pyrrole nitrogens is 1. The summed E-state index contributed by atoms with van der Waals surface area (Å²) >= 11 is 3.40. The summed E-state index contributed by atoms with van der Waals surface area (Å²) in [5.41, 5.74) is 7.83. The van der Waals surface area contributed by atoms with Gasteiger partial charge in [0.2, 0.25) is 5.91 Å². The highest BCUT2D eigenvalue weighted by atomic mass is 79.9. The largest absolute Gasteiger partial charge is 0.369 e. The van der Waals surface area contributed by atoms with Crippen molar-refractivity contribution in [3.63, 3.8) is 0 Å². The summed E-state index contributed by atoms with van der Waals surface area (Å²) in [5.74, 6) is -0.712. The molecule has 0 radical (unpaired) electrons. The average Bonchev–Trinajstić information content (AvgIpc) is 2.92. The van der Waals surface area contributed by atoms with E-state index in [1.54, 1.807) is 30.3 Å². The number of carbonyl (C=O) groups is 2. The van der Waals surface area contributed by atoms with Gasteiger partial charge in [0.15, 0.2) is 0 Å². The van der Waals surface area contributed by atoms with Crippen LogP contribution >= 0.6 is 15.9 Å². The number of nitrogens with one attached hydrogen (secondary N) is 2. The van der Waals surface area contributed by atoms with Crippen molar-refractivity contribution in [1.29, 1.82) is 0 Å². The van der Waals surface area contributed by atoms with E-state index in [-0.39, 0.29) is 12.3 Å². The van der Waals surface area contributed by atoms with Gasteiger partial charge in [-0.05, 0) is 29.8 Å². The molecular formula is C17H14BrN3O2. The summed E-state index contributed by atoms with van der Waals surface area (Å²) < 4.78 is 0.936. The number of fused-ring (bicyclic) bond motifs is 1. The topological polar surface area (TPSA) is 88.0 Å². The molecule has 0 fully saturated rings. The highest BCUT2D eigenvalue weighted by Crippen LogP contribution is 2.22. The number of hydrogen-bond donors (Lipinski definition) is 3. The fourth-order valence-corrected chi connectivity index (χ4v) is 2.76. The number of carbonyl (C=O) groups excluding carboxylic acids is 2. The molecule has 0 unspecified atom stereocenters. The SMILES string of the molecule is NC(=O)Cc1ccccc1NC(=O)c1cc2ccc(Br)cc2[nH]1. The molecule has 2 aromatic carbocycles. The minimum Gasteiger partial charge on any atom is -0.369 e. The molecule has 0 saturated carbocycles. The van der Waals surface area contributed by atoms with Gasteiger partial charge in [-0.2, -0.15) is 0 Å². The van der Waals surface area contributed by atoms with Gasteiger partial charge in [-0.3, -0.25) is 9.59 Å². The molecule has 0 aliphatic heterocycles. The quantitative estimate of drug-likeness (QED) is 0.657. The average molecular weight is 372 g/mol. The van der Waals surface area contributed by atoms with E-state index in [9.17, 15) is 9.59 Å². The first kappa shape index (κ1) is 15.3. The Hall–Kier alpha value is -2.60. The van der Waals surface area contributed by atoms with Crippen LogP contribution in [0, 0.1) is 0 Å². The third-order valence-corrected chi connectivity index (χ3v) is 3.95. The lowest BCUT2D eigenvalue weighted by Gasteiger charge is -2.09. The summed E-state index contributed by atoms with van der Waals surface area (Å²) in [6.07, 6.45) is 0.0795. The third-order valence-electron chi connectivity index (χ3n) is 3.46. The van der Waals surface area contributed by atoms with Crippen molar-refractivity contribution in [3.8, 4) is 0 Å². The minimum absolute atomic E-state index is 0.0795. The molecule has 3 rings (SSSR count). The van der Waals surface area contributed by atoms with Gasteiger partial charge in [-0.15, -0.1) is 0 Å². The van der Waals surface area contributed by atoms with Crippen molar-refractivity contribution in [2.45, 2.75) is 6.42 Å². The van der Waals surface area contributed by atoms with Gasteiger partial charge in [-0.25, -0.2) is 0 Å². The van der Waals surface area contributed by atoms with Crippen molar-refractivity contribution in [1.82, 2.24) is 4.98 Å². The number of anilines is 1. The second-order valence-electron chi connectivity index (χ2n) is 5.17. The Labute approximate surface area is 141 Å². The number of amides is 2. The summed E-state index contributed by atoms with van der Waals surface area (Å²) in [6, 6.07) is 14.6. The second-order valence-corrected chi connectivity index (χ2v) is 6.08. The van der Waals surface area contributed by atoms with E-state index in [0.717, 1.165) is 15.4 Å². The van der Waals surface area contributed by atoms with Gasteiger partial charge >= 0.3 is 0 Å². The third kappa shape index (κ3) is 3.43. The van der Waals surface area contributed by atoms with Gasteiger partial charge in [0.05, 0.1) is 6.42 Å². The van der Waals surface area contributed by atoms with Crippen molar-refractivity contribution in [2.75, 3.05) is 5.32 Å². The van der Waals surface area contributed by atoms with E-state index in [0.29, 0.717) is 16.9 Å². The number of nitrogens with two attached hydrogens (primary N) is 1. The smallest absolute Gasteiger partial charge is 0.272 e. The zero-order valence-corrected chi connectivity index (χ0v) is 13.7. The molecular weight excluding hydrogens is 358 g/mol. The number of rotatable bonds is 4. The van der Waals surface area contributed by atoms with Crippen molar-refractivity contribution in [2.24, 2.45) is 5.73 Å². The maximum Gasteiger partial charge on any atom is 0.272 e. The first-order valence-corrected chi connectivity index (χ1v) is 7.78. The van der Waals surface area contributed by atoms with Crippen molar-refractivity contribution >= 4 is 44.3 Å². The summed E-state index contributed by atoms with van der Waals surface area (Å²) in [5, 5.41) is 3.77. The number of hydrogen-bond acceptors (Lipinski definition) is 2. The summed E-state index contributed by atoms with van der Waals surface area (Å²) in [6.45, 7) is 0. The molecule has 5 nitrogen and oxygen atoms in total. The zero-order chi connectivity index (χ0) is 16.4. The maximum absolute atomic E-state index is 12.4. The molecule has 0 saturated heterocycles. The van der Waals surface area contributed by atoms with E-state index in [1.165, 1.54) is 0 Å². The zero-order valence-electron chi connectivity index (χ0n) is 12.1. The second kappa shape index (κ2) is 6.26. The Balaban J connectivity index is 1.87. The lowest BCUT2D eigenvalue weighted by Crippen LogP contribution is -2.17. The van der Waals surface area contributed by atoms with Gasteiger partial charge < -0.3 is 16.0 Å². The fraction of sp³-hybridized carbons (Fsp3) is 0.0588. The van der Waals surface area contributed by atoms with E-state index in [2.05, 4.69) is 26.2 Å². The summed E-state index contributed by atoms with van der Waals surface area (Å²) in [7, 11) is 0. The predicted molar refractivity (Wildman–Crippen MR) is 93.3 cm³/mol. The molecule has 1 aromatic heterocycles. The Morgan fingerprint density at radius 1 is 1.13 bits per heavy atom. The molecule has 0 bridgehead atoms. The van der Waals surface area contributed by atoms with Crippen LogP contribution in [0.1, 0.15) is 16.1 Å². The number of halogens is 1. The molecule has 2 amide bonds. The normalized spacial score (nSPS) is 10.7. The van der Waals surface area contributed by atoms with E-state index in [1.807, 2.05) is 18.2 Å². The van der Waals surface area contributed by atoms with Crippen LogP contribution in [-0.4, -0.2) is 16.8 Å². The molecule has 6 heteroatoms. The van der Waals surface area contributed by atoms with Crippen LogP contribution < -0.4 is 11.1 Å². The van der Waals surface area contributed by atoms with Crippen LogP contribution in [-0.2, 0) is 11.2 Å². The number of aromatic amines is 1. The van der Waals surface area contributed by atoms with Crippen LogP contribution in [0.25, 0.3) is 10.9 Å². The van der Waals surface area contributed by atoms with Gasteiger partial charge in [0.1, 0.15) is 5.69 Å². The highest BCUT2D eigenvalue weighted by molar-refractivity contribution is 9.10. The molecule has 23 heavy (non-hydrogen) atoms. The Morgan fingerprint density at radius 2 is 1.91 bits per heavy atom. The molecule has 3 aromatic rings. The monoisotopic (exact) mass is 371 g/mol. The van der Waals surface area contributed by atoms with Crippen molar-refractivity contribution in [3.05, 3.63) is 64.3 Å². The van der Waals surface area contributed by atoms with E-state index in [4.69, 9.17) is 5.73 Å². The fourth-order valence-electron chi connectivity index (χ4n) is 2.40. The Morgan fingerprint density at radius 3 is 2.70 bits per heavy atom. The molecule has 0 spiro atoms. The molecule has 116 valence electrons. The van der Waals surface area contributed by atoms with Crippen molar-refractivity contribution < 1.29 is 9.59 Å². The van der Waals surface area contributed by atoms with Crippen LogP contribution in [0.5, 0.6) is 0 Å². The van der Waals surface area contributed by atoms with Gasteiger partial charge in [0.25, 0.3) is 5.91 Å². The van der Waals surface area contributed by atoms with Gasteiger partial charge in [-0.1, -0.05) is 40.2 Å². The predicted octanol–water partition coefficient (Wildman–Crippen LogP) is 3.21. The number of para-hydroxylation sites is 1. The standard InChI is InChI=1S/C17H14BrN3O2/c18-12-6-5-11-7-15(20-14(11)9-12)17(23)21-13-4-2-1-3-10(13)8-16(19)22/h1-7,9,20H,8H2,(H2,19,22)(H,21,23). The number of benzene rings is 2. The minimum atomic E-state index is -0.442. The number of aromatic nitrogens is 1. The Kier molecular flexibility index (Phi) is 4.16. The molecule has 1 heterocycles.